The number of hydrogen-bond acceptors (Lipinski definition) is 4. The van der Waals surface area contributed by atoms with Gasteiger partial charge in [0.05, 0.1) is 6.42 Å². The summed E-state index contributed by atoms with van der Waals surface area (Å²) in [5, 5.41) is 8.77. The lowest BCUT2D eigenvalue weighted by atomic mass is 10.2. The van der Waals surface area contributed by atoms with E-state index in [-0.39, 0.29) is 13.0 Å². The number of amides is 1. The van der Waals surface area contributed by atoms with E-state index in [1.165, 1.54) is 17.7 Å². The molecule has 0 unspecified atom stereocenters. The Bertz CT molecular complexity index is 333. The molecule has 1 aliphatic rings. The molecule has 1 heterocycles. The monoisotopic (exact) mass is 286 g/mol. The molecule has 1 N–H and O–H groups in total. The predicted octanol–water partition coefficient (Wildman–Crippen LogP) is 1.79. The van der Waals surface area contributed by atoms with Crippen LogP contribution in [0.2, 0.25) is 0 Å². The Morgan fingerprint density at radius 2 is 1.80 bits per heavy atom. The van der Waals surface area contributed by atoms with Gasteiger partial charge in [-0.15, -0.1) is 0 Å². The number of hydrogen-bond donors (Lipinski definition) is 1. The van der Waals surface area contributed by atoms with Crippen LogP contribution in [0.15, 0.2) is 0 Å². The fraction of sp³-hybridized carbons (Fsp3) is 0.857. The van der Waals surface area contributed by atoms with E-state index < -0.39 is 17.7 Å². The highest BCUT2D eigenvalue weighted by Crippen LogP contribution is 2.11. The predicted molar refractivity (Wildman–Crippen MR) is 75.7 cm³/mol. The third kappa shape index (κ3) is 6.75. The number of carboxylic acids is 1. The van der Waals surface area contributed by atoms with E-state index in [0.717, 1.165) is 19.6 Å². The number of carbonyl (C=O) groups is 2. The molecule has 0 aromatic heterocycles. The van der Waals surface area contributed by atoms with Crippen LogP contribution in [0, 0.1) is 0 Å². The van der Waals surface area contributed by atoms with Gasteiger partial charge in [-0.1, -0.05) is 0 Å². The molecule has 0 bridgehead atoms. The average Bonchev–Trinajstić information content (AvgIpc) is 2.79. The van der Waals surface area contributed by atoms with Gasteiger partial charge in [0, 0.05) is 19.6 Å². The van der Waals surface area contributed by atoms with Crippen molar-refractivity contribution in [2.24, 2.45) is 0 Å². The van der Waals surface area contributed by atoms with Crippen molar-refractivity contribution < 1.29 is 19.4 Å². The molecular formula is C14H26N2O4. The van der Waals surface area contributed by atoms with Gasteiger partial charge in [-0.05, 0) is 46.7 Å². The van der Waals surface area contributed by atoms with Crippen LogP contribution < -0.4 is 0 Å². The molecule has 1 fully saturated rings. The van der Waals surface area contributed by atoms with Crippen LogP contribution in [0.5, 0.6) is 0 Å². The maximum Gasteiger partial charge on any atom is 0.410 e. The summed E-state index contributed by atoms with van der Waals surface area (Å²) < 4.78 is 5.32. The highest BCUT2D eigenvalue weighted by atomic mass is 16.6. The molecule has 1 amide bonds. The minimum Gasteiger partial charge on any atom is -0.481 e. The van der Waals surface area contributed by atoms with Crippen molar-refractivity contribution in [1.82, 2.24) is 9.80 Å². The SMILES string of the molecule is CC(C)(C)OC(=O)N(CCC(=O)O)CCN1CCCC1. The molecule has 20 heavy (non-hydrogen) atoms. The Morgan fingerprint density at radius 3 is 2.30 bits per heavy atom. The highest BCUT2D eigenvalue weighted by molar-refractivity contribution is 5.70. The van der Waals surface area contributed by atoms with E-state index in [9.17, 15) is 9.59 Å². The molecule has 0 saturated carbocycles. The molecule has 0 radical (unpaired) electrons. The number of rotatable bonds is 6. The first kappa shape index (κ1) is 16.8. The molecule has 116 valence electrons. The van der Waals surface area contributed by atoms with Crippen molar-refractivity contribution in [3.8, 4) is 0 Å². The summed E-state index contributed by atoms with van der Waals surface area (Å²) >= 11 is 0. The van der Waals surface area contributed by atoms with E-state index in [1.807, 2.05) is 0 Å². The van der Waals surface area contributed by atoms with E-state index in [0.29, 0.717) is 6.54 Å². The van der Waals surface area contributed by atoms with E-state index in [4.69, 9.17) is 9.84 Å². The molecule has 6 heteroatoms. The second kappa shape index (κ2) is 7.47. The lowest BCUT2D eigenvalue weighted by molar-refractivity contribution is -0.137. The minimum absolute atomic E-state index is 0.0563. The molecule has 6 nitrogen and oxygen atoms in total. The first-order valence-electron chi connectivity index (χ1n) is 7.20. The van der Waals surface area contributed by atoms with E-state index in [2.05, 4.69) is 4.90 Å². The number of nitrogens with zero attached hydrogens (tertiary/aromatic N) is 2. The van der Waals surface area contributed by atoms with Crippen LogP contribution in [-0.4, -0.2) is 65.3 Å². The van der Waals surface area contributed by atoms with Crippen molar-refractivity contribution in [3.05, 3.63) is 0 Å². The zero-order valence-corrected chi connectivity index (χ0v) is 12.7. The molecule has 0 aromatic carbocycles. The summed E-state index contributed by atoms with van der Waals surface area (Å²) in [5.41, 5.74) is -0.563. The van der Waals surface area contributed by atoms with E-state index in [1.54, 1.807) is 20.8 Å². The zero-order valence-electron chi connectivity index (χ0n) is 12.7. The summed E-state index contributed by atoms with van der Waals surface area (Å²) in [6.07, 6.45) is 1.90. The smallest absolute Gasteiger partial charge is 0.410 e. The van der Waals surface area contributed by atoms with Gasteiger partial charge >= 0.3 is 12.1 Å². The van der Waals surface area contributed by atoms with Crippen LogP contribution in [0.1, 0.15) is 40.0 Å². The van der Waals surface area contributed by atoms with Crippen LogP contribution in [0.3, 0.4) is 0 Å². The van der Waals surface area contributed by atoms with Gasteiger partial charge in [-0.25, -0.2) is 4.79 Å². The third-order valence-corrected chi connectivity index (χ3v) is 3.13. The van der Waals surface area contributed by atoms with Crippen molar-refractivity contribution in [2.75, 3.05) is 32.7 Å². The van der Waals surface area contributed by atoms with Gasteiger partial charge in [-0.3, -0.25) is 4.79 Å². The Labute approximate surface area is 120 Å². The van der Waals surface area contributed by atoms with Gasteiger partial charge in [0.2, 0.25) is 0 Å². The number of carboxylic acid groups (broad SMARTS) is 1. The largest absolute Gasteiger partial charge is 0.481 e. The summed E-state index contributed by atoms with van der Waals surface area (Å²) in [4.78, 5) is 26.5. The first-order chi connectivity index (χ1) is 9.28. The van der Waals surface area contributed by atoms with Crippen LogP contribution in [0.4, 0.5) is 4.79 Å². The maximum atomic E-state index is 12.1. The van der Waals surface area contributed by atoms with Crippen molar-refractivity contribution in [1.29, 1.82) is 0 Å². The number of aliphatic carboxylic acids is 1. The number of likely N-dealkylation sites (tertiary alicyclic amines) is 1. The van der Waals surface area contributed by atoms with E-state index >= 15 is 0 Å². The van der Waals surface area contributed by atoms with Gasteiger partial charge < -0.3 is 19.6 Å². The van der Waals surface area contributed by atoms with Crippen LogP contribution in [0.25, 0.3) is 0 Å². The average molecular weight is 286 g/mol. The Hall–Kier alpha value is -1.30. The zero-order chi connectivity index (χ0) is 15.2. The van der Waals surface area contributed by atoms with Gasteiger partial charge in [0.1, 0.15) is 5.60 Å². The van der Waals surface area contributed by atoms with Gasteiger partial charge in [-0.2, -0.15) is 0 Å². The van der Waals surface area contributed by atoms with Crippen molar-refractivity contribution in [2.45, 2.75) is 45.6 Å². The standard InChI is InChI=1S/C14H26N2O4/c1-14(2,3)20-13(19)16(9-6-12(17)18)11-10-15-7-4-5-8-15/h4-11H2,1-3H3,(H,17,18). The number of ether oxygens (including phenoxy) is 1. The molecule has 0 atom stereocenters. The summed E-state index contributed by atoms with van der Waals surface area (Å²) in [7, 11) is 0. The minimum atomic E-state index is -0.903. The lowest BCUT2D eigenvalue weighted by Crippen LogP contribution is -2.42. The molecule has 0 aliphatic carbocycles. The molecule has 1 aliphatic heterocycles. The summed E-state index contributed by atoms with van der Waals surface area (Å²) in [6, 6.07) is 0. The molecule has 0 aromatic rings. The Morgan fingerprint density at radius 1 is 1.20 bits per heavy atom. The maximum absolute atomic E-state index is 12.1. The Balaban J connectivity index is 2.49. The first-order valence-corrected chi connectivity index (χ1v) is 7.20. The normalized spacial score (nSPS) is 16.1. The van der Waals surface area contributed by atoms with Crippen molar-refractivity contribution >= 4 is 12.1 Å². The van der Waals surface area contributed by atoms with Crippen molar-refractivity contribution in [3.63, 3.8) is 0 Å². The summed E-state index contributed by atoms with van der Waals surface area (Å²) in [5.74, 6) is -0.903. The van der Waals surface area contributed by atoms with Gasteiger partial charge in [0.15, 0.2) is 0 Å². The molecule has 0 spiro atoms. The second-order valence-electron chi connectivity index (χ2n) is 6.16. The lowest BCUT2D eigenvalue weighted by Gasteiger charge is -2.28. The fourth-order valence-corrected chi connectivity index (χ4v) is 2.12. The van der Waals surface area contributed by atoms with Crippen LogP contribution >= 0.6 is 0 Å². The fourth-order valence-electron chi connectivity index (χ4n) is 2.12. The second-order valence-corrected chi connectivity index (χ2v) is 6.16. The third-order valence-electron chi connectivity index (χ3n) is 3.13. The highest BCUT2D eigenvalue weighted by Gasteiger charge is 2.23. The Kier molecular flexibility index (Phi) is 6.26. The van der Waals surface area contributed by atoms with Crippen LogP contribution in [-0.2, 0) is 9.53 Å². The molecular weight excluding hydrogens is 260 g/mol. The number of carbonyl (C=O) groups excluding carboxylic acids is 1. The summed E-state index contributed by atoms with van der Waals surface area (Å²) in [6.45, 7) is 9.02. The van der Waals surface area contributed by atoms with Gasteiger partial charge in [0.25, 0.3) is 0 Å². The topological polar surface area (TPSA) is 70.1 Å². The molecule has 1 rings (SSSR count). The quantitative estimate of drug-likeness (QED) is 0.806. The molecule has 1 saturated heterocycles.